The first kappa shape index (κ1) is 15.2. The lowest BCUT2D eigenvalue weighted by atomic mass is 10.0. The fourth-order valence-corrected chi connectivity index (χ4v) is 2.08. The Hall–Kier alpha value is -2.21. The summed E-state index contributed by atoms with van der Waals surface area (Å²) in [4.78, 5) is 26.8. The number of carboxylic acid groups (broad SMARTS) is 1. The molecule has 6 heteroatoms. The first-order chi connectivity index (χ1) is 10.1. The zero-order chi connectivity index (χ0) is 15.2. The second-order valence-electron chi connectivity index (χ2n) is 4.38. The molecule has 2 rings (SSSR count). The van der Waals surface area contributed by atoms with Crippen molar-refractivity contribution >= 4 is 27.8 Å². The predicted octanol–water partition coefficient (Wildman–Crippen LogP) is 2.40. The highest BCUT2D eigenvalue weighted by atomic mass is 79.9. The number of carboxylic acids is 1. The van der Waals surface area contributed by atoms with Gasteiger partial charge in [0.15, 0.2) is 0 Å². The lowest BCUT2D eigenvalue weighted by molar-refractivity contribution is -0.136. The van der Waals surface area contributed by atoms with Gasteiger partial charge in [0.25, 0.3) is 5.91 Å². The molecule has 0 spiro atoms. The summed E-state index contributed by atoms with van der Waals surface area (Å²) >= 11 is 3.25. The van der Waals surface area contributed by atoms with Gasteiger partial charge in [-0.05, 0) is 39.2 Å². The van der Waals surface area contributed by atoms with E-state index in [0.29, 0.717) is 11.3 Å². The average molecular weight is 349 g/mol. The van der Waals surface area contributed by atoms with Crippen LogP contribution in [0.4, 0.5) is 0 Å². The van der Waals surface area contributed by atoms with E-state index >= 15 is 0 Å². The third kappa shape index (κ3) is 4.39. The Balaban J connectivity index is 2.04. The van der Waals surface area contributed by atoms with Crippen molar-refractivity contribution in [1.82, 2.24) is 10.3 Å². The number of nitrogens with one attached hydrogen (secondary N) is 1. The van der Waals surface area contributed by atoms with E-state index in [1.165, 1.54) is 0 Å². The molecule has 1 aromatic heterocycles. The van der Waals surface area contributed by atoms with E-state index in [4.69, 9.17) is 5.11 Å². The lowest BCUT2D eigenvalue weighted by Crippen LogP contribution is -2.24. The Morgan fingerprint density at radius 2 is 1.86 bits per heavy atom. The number of nitrogens with zero attached hydrogens (tertiary/aromatic N) is 1. The molecule has 0 fully saturated rings. The van der Waals surface area contributed by atoms with Crippen LogP contribution in [0.25, 0.3) is 0 Å². The molecule has 1 heterocycles. The molecule has 0 saturated heterocycles. The van der Waals surface area contributed by atoms with E-state index in [-0.39, 0.29) is 18.9 Å². The maximum atomic E-state index is 12.0. The van der Waals surface area contributed by atoms with E-state index in [1.807, 2.05) is 6.07 Å². The second-order valence-corrected chi connectivity index (χ2v) is 5.30. The Labute approximate surface area is 130 Å². The molecule has 21 heavy (non-hydrogen) atoms. The molecule has 0 bridgehead atoms. The van der Waals surface area contributed by atoms with Crippen molar-refractivity contribution in [2.24, 2.45) is 0 Å². The fraction of sp³-hybridized carbons (Fsp3) is 0.133. The van der Waals surface area contributed by atoms with E-state index in [1.54, 1.807) is 36.5 Å². The van der Waals surface area contributed by atoms with Gasteiger partial charge >= 0.3 is 5.97 Å². The Morgan fingerprint density at radius 3 is 2.48 bits per heavy atom. The van der Waals surface area contributed by atoms with Gasteiger partial charge in [0.05, 0.1) is 6.42 Å². The van der Waals surface area contributed by atoms with E-state index in [0.717, 1.165) is 10.0 Å². The summed E-state index contributed by atoms with van der Waals surface area (Å²) < 4.78 is 0.797. The van der Waals surface area contributed by atoms with Crippen molar-refractivity contribution in [2.75, 3.05) is 0 Å². The number of aliphatic carboxylic acids is 1. The highest BCUT2D eigenvalue weighted by molar-refractivity contribution is 9.10. The molecule has 0 aliphatic carbocycles. The van der Waals surface area contributed by atoms with Crippen molar-refractivity contribution in [3.63, 3.8) is 0 Å². The van der Waals surface area contributed by atoms with Crippen LogP contribution in [-0.2, 0) is 17.8 Å². The molecule has 5 nitrogen and oxygen atoms in total. The number of carbonyl (C=O) groups excluding carboxylic acids is 1. The van der Waals surface area contributed by atoms with Crippen LogP contribution in [0.2, 0.25) is 0 Å². The fourth-order valence-electron chi connectivity index (χ4n) is 1.84. The van der Waals surface area contributed by atoms with Gasteiger partial charge in [-0.3, -0.25) is 9.59 Å². The summed E-state index contributed by atoms with van der Waals surface area (Å²) in [6.07, 6.45) is 1.48. The Bertz CT molecular complexity index is 656. The largest absolute Gasteiger partial charge is 0.481 e. The topological polar surface area (TPSA) is 79.3 Å². The first-order valence-electron chi connectivity index (χ1n) is 6.24. The average Bonchev–Trinajstić information content (AvgIpc) is 2.46. The van der Waals surface area contributed by atoms with Crippen LogP contribution in [-0.4, -0.2) is 22.0 Å². The standard InChI is InChI=1S/C15H13BrN2O3/c16-12-5-6-13(17-9-12)15(21)18-8-11-4-2-1-3-10(11)7-14(19)20/h1-6,9H,7-8H2,(H,18,21)(H,19,20). The second kappa shape index (κ2) is 6.99. The van der Waals surface area contributed by atoms with Crippen molar-refractivity contribution < 1.29 is 14.7 Å². The van der Waals surface area contributed by atoms with Gasteiger partial charge in [-0.25, -0.2) is 4.98 Å². The third-order valence-electron chi connectivity index (χ3n) is 2.86. The monoisotopic (exact) mass is 348 g/mol. The number of aromatic nitrogens is 1. The van der Waals surface area contributed by atoms with Crippen LogP contribution in [0, 0.1) is 0 Å². The highest BCUT2D eigenvalue weighted by Gasteiger charge is 2.09. The van der Waals surface area contributed by atoms with Crippen LogP contribution in [0.1, 0.15) is 21.6 Å². The molecule has 108 valence electrons. The van der Waals surface area contributed by atoms with Crippen molar-refractivity contribution in [1.29, 1.82) is 0 Å². The van der Waals surface area contributed by atoms with Crippen molar-refractivity contribution in [2.45, 2.75) is 13.0 Å². The summed E-state index contributed by atoms with van der Waals surface area (Å²) in [6, 6.07) is 10.5. The summed E-state index contributed by atoms with van der Waals surface area (Å²) in [6.45, 7) is 0.264. The SMILES string of the molecule is O=C(O)Cc1ccccc1CNC(=O)c1ccc(Br)cn1. The van der Waals surface area contributed by atoms with Gasteiger partial charge in [-0.15, -0.1) is 0 Å². The van der Waals surface area contributed by atoms with Gasteiger partial charge in [0.2, 0.25) is 0 Å². The minimum Gasteiger partial charge on any atom is -0.481 e. The number of benzene rings is 1. The number of hydrogen-bond donors (Lipinski definition) is 2. The van der Waals surface area contributed by atoms with E-state index < -0.39 is 5.97 Å². The molecule has 0 aliphatic rings. The van der Waals surface area contributed by atoms with Gasteiger partial charge in [0, 0.05) is 17.2 Å². The normalized spacial score (nSPS) is 10.1. The molecule has 0 saturated carbocycles. The number of carbonyl (C=O) groups is 2. The van der Waals surface area contributed by atoms with Crippen molar-refractivity contribution in [3.8, 4) is 0 Å². The van der Waals surface area contributed by atoms with Crippen LogP contribution in [0.15, 0.2) is 47.1 Å². The molecule has 1 amide bonds. The van der Waals surface area contributed by atoms with Crippen LogP contribution >= 0.6 is 15.9 Å². The predicted molar refractivity (Wildman–Crippen MR) is 80.9 cm³/mol. The minimum absolute atomic E-state index is 0.0669. The summed E-state index contributed by atoms with van der Waals surface area (Å²) in [5.74, 6) is -1.20. The molecule has 0 radical (unpaired) electrons. The van der Waals surface area contributed by atoms with E-state index in [2.05, 4.69) is 26.2 Å². The zero-order valence-corrected chi connectivity index (χ0v) is 12.6. The molecular formula is C15H13BrN2O3. The molecular weight excluding hydrogens is 336 g/mol. The van der Waals surface area contributed by atoms with Crippen LogP contribution in [0.3, 0.4) is 0 Å². The summed E-state index contributed by atoms with van der Waals surface area (Å²) in [7, 11) is 0. The quantitative estimate of drug-likeness (QED) is 0.869. The molecule has 0 atom stereocenters. The number of pyridine rings is 1. The van der Waals surface area contributed by atoms with Crippen LogP contribution in [0.5, 0.6) is 0 Å². The van der Waals surface area contributed by atoms with Gasteiger partial charge in [-0.2, -0.15) is 0 Å². The Kier molecular flexibility index (Phi) is 5.05. The molecule has 2 N–H and O–H groups in total. The number of amides is 1. The number of rotatable bonds is 5. The Morgan fingerprint density at radius 1 is 1.14 bits per heavy atom. The maximum Gasteiger partial charge on any atom is 0.307 e. The number of hydrogen-bond acceptors (Lipinski definition) is 3. The molecule has 1 aromatic carbocycles. The van der Waals surface area contributed by atoms with Gasteiger partial charge in [0.1, 0.15) is 5.69 Å². The highest BCUT2D eigenvalue weighted by Crippen LogP contribution is 2.10. The molecule has 0 aliphatic heterocycles. The number of halogens is 1. The summed E-state index contributed by atoms with van der Waals surface area (Å²) in [5, 5.41) is 11.6. The van der Waals surface area contributed by atoms with Crippen molar-refractivity contribution in [3.05, 3.63) is 63.9 Å². The molecule has 0 unspecified atom stereocenters. The minimum atomic E-state index is -0.900. The van der Waals surface area contributed by atoms with Gasteiger partial charge < -0.3 is 10.4 Å². The maximum absolute atomic E-state index is 12.0. The third-order valence-corrected chi connectivity index (χ3v) is 3.33. The molecule has 2 aromatic rings. The smallest absolute Gasteiger partial charge is 0.307 e. The summed E-state index contributed by atoms with van der Waals surface area (Å²) in [5.41, 5.74) is 1.79. The lowest BCUT2D eigenvalue weighted by Gasteiger charge is -2.09. The zero-order valence-electron chi connectivity index (χ0n) is 11.0. The van der Waals surface area contributed by atoms with E-state index in [9.17, 15) is 9.59 Å². The first-order valence-corrected chi connectivity index (χ1v) is 7.04. The van der Waals surface area contributed by atoms with Crippen LogP contribution < -0.4 is 5.32 Å². The van der Waals surface area contributed by atoms with Gasteiger partial charge in [-0.1, -0.05) is 24.3 Å².